The summed E-state index contributed by atoms with van der Waals surface area (Å²) >= 11 is 3.50. The van der Waals surface area contributed by atoms with Gasteiger partial charge in [-0.1, -0.05) is 28.9 Å². The third-order valence-electron chi connectivity index (χ3n) is 2.59. The standard InChI is InChI=1S/C13H16BrN3O/c1-3-6-15-8-12-16-17-13(18-12)10-5-4-9(2)11(14)7-10/h4-5,7,15H,3,6,8H2,1-2H3. The summed E-state index contributed by atoms with van der Waals surface area (Å²) in [5.41, 5.74) is 2.12. The number of halogens is 1. The van der Waals surface area contributed by atoms with E-state index in [2.05, 4.69) is 38.4 Å². The Bertz CT molecular complexity index is 525. The zero-order valence-electron chi connectivity index (χ0n) is 10.5. The van der Waals surface area contributed by atoms with Crippen LogP contribution in [0.1, 0.15) is 24.8 Å². The van der Waals surface area contributed by atoms with Crippen molar-refractivity contribution < 1.29 is 4.42 Å². The first kappa shape index (κ1) is 13.2. The molecule has 0 aliphatic carbocycles. The molecule has 0 radical (unpaired) electrons. The normalized spacial score (nSPS) is 10.8. The summed E-state index contributed by atoms with van der Waals surface area (Å²) in [6.07, 6.45) is 1.09. The first-order valence-corrected chi connectivity index (χ1v) is 6.79. The number of aryl methyl sites for hydroxylation is 1. The molecule has 0 fully saturated rings. The van der Waals surface area contributed by atoms with E-state index in [1.807, 2.05) is 25.1 Å². The SMILES string of the molecule is CCCNCc1nnc(-c2ccc(C)c(Br)c2)o1. The molecule has 0 aliphatic heterocycles. The molecular formula is C13H16BrN3O. The van der Waals surface area contributed by atoms with Gasteiger partial charge in [0.1, 0.15) is 0 Å². The summed E-state index contributed by atoms with van der Waals surface area (Å²) in [6.45, 7) is 5.74. The van der Waals surface area contributed by atoms with Crippen LogP contribution in [0.15, 0.2) is 27.1 Å². The van der Waals surface area contributed by atoms with E-state index in [4.69, 9.17) is 4.42 Å². The first-order chi connectivity index (χ1) is 8.70. The van der Waals surface area contributed by atoms with E-state index >= 15 is 0 Å². The van der Waals surface area contributed by atoms with Crippen molar-refractivity contribution in [2.45, 2.75) is 26.8 Å². The van der Waals surface area contributed by atoms with Gasteiger partial charge in [-0.3, -0.25) is 0 Å². The molecule has 0 atom stereocenters. The van der Waals surface area contributed by atoms with Gasteiger partial charge in [0.2, 0.25) is 11.8 Å². The zero-order valence-corrected chi connectivity index (χ0v) is 12.1. The average Bonchev–Trinajstić information content (AvgIpc) is 2.82. The van der Waals surface area contributed by atoms with Crippen LogP contribution in [0, 0.1) is 6.92 Å². The van der Waals surface area contributed by atoms with Crippen molar-refractivity contribution in [1.29, 1.82) is 0 Å². The van der Waals surface area contributed by atoms with Gasteiger partial charge in [0.15, 0.2) is 0 Å². The van der Waals surface area contributed by atoms with Gasteiger partial charge in [-0.25, -0.2) is 0 Å². The fourth-order valence-corrected chi connectivity index (χ4v) is 1.92. The summed E-state index contributed by atoms with van der Waals surface area (Å²) < 4.78 is 6.65. The van der Waals surface area contributed by atoms with E-state index in [9.17, 15) is 0 Å². The van der Waals surface area contributed by atoms with Crippen LogP contribution in [0.3, 0.4) is 0 Å². The van der Waals surface area contributed by atoms with Crippen LogP contribution >= 0.6 is 15.9 Å². The molecule has 2 aromatic rings. The molecule has 0 spiro atoms. The number of hydrogen-bond donors (Lipinski definition) is 1. The second-order valence-corrected chi connectivity index (χ2v) is 5.00. The highest BCUT2D eigenvalue weighted by Crippen LogP contribution is 2.24. The molecule has 2 rings (SSSR count). The molecule has 1 aromatic carbocycles. The first-order valence-electron chi connectivity index (χ1n) is 6.00. The molecular weight excluding hydrogens is 294 g/mol. The van der Waals surface area contributed by atoms with Gasteiger partial charge in [0.05, 0.1) is 6.54 Å². The van der Waals surface area contributed by atoms with Gasteiger partial charge < -0.3 is 9.73 Å². The summed E-state index contributed by atoms with van der Waals surface area (Å²) in [7, 11) is 0. The third kappa shape index (κ3) is 3.17. The number of hydrogen-bond acceptors (Lipinski definition) is 4. The second-order valence-electron chi connectivity index (χ2n) is 4.14. The maximum Gasteiger partial charge on any atom is 0.247 e. The van der Waals surface area contributed by atoms with Crippen LogP contribution < -0.4 is 5.32 Å². The maximum absolute atomic E-state index is 5.61. The highest BCUT2D eigenvalue weighted by atomic mass is 79.9. The highest BCUT2D eigenvalue weighted by molar-refractivity contribution is 9.10. The van der Waals surface area contributed by atoms with E-state index in [-0.39, 0.29) is 0 Å². The van der Waals surface area contributed by atoms with Gasteiger partial charge in [-0.05, 0) is 37.6 Å². The molecule has 5 heteroatoms. The number of nitrogens with one attached hydrogen (secondary N) is 1. The number of benzene rings is 1. The fourth-order valence-electron chi connectivity index (χ4n) is 1.54. The molecule has 0 aliphatic rings. The number of rotatable bonds is 5. The molecule has 0 unspecified atom stereocenters. The lowest BCUT2D eigenvalue weighted by atomic mass is 10.1. The molecule has 1 N–H and O–H groups in total. The highest BCUT2D eigenvalue weighted by Gasteiger charge is 2.09. The molecule has 4 nitrogen and oxygen atoms in total. The van der Waals surface area contributed by atoms with Crippen molar-refractivity contribution in [3.63, 3.8) is 0 Å². The summed E-state index contributed by atoms with van der Waals surface area (Å²) in [5.74, 6) is 1.18. The Morgan fingerprint density at radius 3 is 2.89 bits per heavy atom. The Labute approximate surface area is 115 Å². The van der Waals surface area contributed by atoms with Crippen LogP contribution in [-0.2, 0) is 6.54 Å². The molecule has 0 saturated heterocycles. The Morgan fingerprint density at radius 2 is 2.17 bits per heavy atom. The summed E-state index contributed by atoms with van der Waals surface area (Å²) in [4.78, 5) is 0. The minimum Gasteiger partial charge on any atom is -0.419 e. The van der Waals surface area contributed by atoms with Crippen LogP contribution in [0.2, 0.25) is 0 Å². The minimum atomic E-state index is 0.559. The van der Waals surface area contributed by atoms with E-state index in [1.165, 1.54) is 5.56 Å². The number of aromatic nitrogens is 2. The summed E-state index contributed by atoms with van der Waals surface area (Å²) in [6, 6.07) is 6.00. The Kier molecular flexibility index (Phi) is 4.49. The van der Waals surface area contributed by atoms with Crippen molar-refractivity contribution in [3.8, 4) is 11.5 Å². The van der Waals surface area contributed by atoms with Crippen molar-refractivity contribution in [1.82, 2.24) is 15.5 Å². The quantitative estimate of drug-likeness (QED) is 0.861. The molecule has 96 valence electrons. The molecule has 1 aromatic heterocycles. The van der Waals surface area contributed by atoms with Crippen molar-refractivity contribution >= 4 is 15.9 Å². The third-order valence-corrected chi connectivity index (χ3v) is 3.44. The predicted molar refractivity (Wildman–Crippen MR) is 74.2 cm³/mol. The van der Waals surface area contributed by atoms with Crippen LogP contribution in [-0.4, -0.2) is 16.7 Å². The summed E-state index contributed by atoms with van der Waals surface area (Å²) in [5, 5.41) is 11.3. The van der Waals surface area contributed by atoms with E-state index < -0.39 is 0 Å². The van der Waals surface area contributed by atoms with Gasteiger partial charge >= 0.3 is 0 Å². The second kappa shape index (κ2) is 6.11. The molecule has 0 bridgehead atoms. The Balaban J connectivity index is 2.11. The monoisotopic (exact) mass is 309 g/mol. The zero-order chi connectivity index (χ0) is 13.0. The van der Waals surface area contributed by atoms with Crippen molar-refractivity contribution in [2.75, 3.05) is 6.54 Å². The van der Waals surface area contributed by atoms with Crippen LogP contribution in [0.5, 0.6) is 0 Å². The van der Waals surface area contributed by atoms with Gasteiger partial charge in [-0.15, -0.1) is 10.2 Å². The van der Waals surface area contributed by atoms with E-state index in [1.54, 1.807) is 0 Å². The van der Waals surface area contributed by atoms with Crippen molar-refractivity contribution in [2.24, 2.45) is 0 Å². The topological polar surface area (TPSA) is 51.0 Å². The molecule has 0 saturated carbocycles. The number of nitrogens with zero attached hydrogens (tertiary/aromatic N) is 2. The van der Waals surface area contributed by atoms with Crippen LogP contribution in [0.4, 0.5) is 0 Å². The van der Waals surface area contributed by atoms with Gasteiger partial charge in [0, 0.05) is 10.0 Å². The van der Waals surface area contributed by atoms with Crippen LogP contribution in [0.25, 0.3) is 11.5 Å². The van der Waals surface area contributed by atoms with E-state index in [0.29, 0.717) is 18.3 Å². The average molecular weight is 310 g/mol. The predicted octanol–water partition coefficient (Wildman–Crippen LogP) is 3.31. The lowest BCUT2D eigenvalue weighted by molar-refractivity contribution is 0.477. The van der Waals surface area contributed by atoms with E-state index in [0.717, 1.165) is 23.0 Å². The lowest BCUT2D eigenvalue weighted by Gasteiger charge is -2.00. The Hall–Kier alpha value is -1.20. The smallest absolute Gasteiger partial charge is 0.247 e. The largest absolute Gasteiger partial charge is 0.419 e. The minimum absolute atomic E-state index is 0.559. The lowest BCUT2D eigenvalue weighted by Crippen LogP contribution is -2.13. The van der Waals surface area contributed by atoms with Crippen molar-refractivity contribution in [3.05, 3.63) is 34.1 Å². The molecule has 0 amide bonds. The fraction of sp³-hybridized carbons (Fsp3) is 0.385. The van der Waals surface area contributed by atoms with Gasteiger partial charge in [0.25, 0.3) is 0 Å². The maximum atomic E-state index is 5.61. The molecule has 1 heterocycles. The van der Waals surface area contributed by atoms with Gasteiger partial charge in [-0.2, -0.15) is 0 Å². The Morgan fingerprint density at radius 1 is 1.33 bits per heavy atom. The molecule has 18 heavy (non-hydrogen) atoms.